The largest absolute Gasteiger partial charge is 0.474 e. The number of aliphatic carboxylic acids is 1. The van der Waals surface area contributed by atoms with Gasteiger partial charge in [0.1, 0.15) is 6.61 Å². The van der Waals surface area contributed by atoms with Gasteiger partial charge in [-0.2, -0.15) is 0 Å². The predicted molar refractivity (Wildman–Crippen MR) is 78.8 cm³/mol. The number of anilines is 2. The van der Waals surface area contributed by atoms with Crippen molar-refractivity contribution in [3.05, 3.63) is 24.3 Å². The van der Waals surface area contributed by atoms with Gasteiger partial charge in [0.05, 0.1) is 6.61 Å². The Hall–Kier alpha value is -2.94. The summed E-state index contributed by atoms with van der Waals surface area (Å²) in [6.45, 7) is 2.39. The first-order chi connectivity index (χ1) is 10.9. The second-order valence-electron chi connectivity index (χ2n) is 4.13. The maximum Gasteiger partial charge on any atom is 0.397 e. The van der Waals surface area contributed by atoms with Crippen LogP contribution in [0.25, 0.3) is 0 Å². The number of esters is 1. The minimum Gasteiger partial charge on any atom is -0.474 e. The van der Waals surface area contributed by atoms with Crippen molar-refractivity contribution in [2.75, 3.05) is 30.5 Å². The molecule has 1 aromatic carbocycles. The molecule has 9 heteroatoms. The molecule has 3 N–H and O–H groups in total. The Bertz CT molecular complexity index is 601. The molecule has 0 aliphatic carbocycles. The monoisotopic (exact) mass is 324 g/mol. The molecule has 1 aromatic rings. The van der Waals surface area contributed by atoms with Crippen LogP contribution < -0.4 is 10.6 Å². The molecule has 0 spiro atoms. The van der Waals surface area contributed by atoms with E-state index in [2.05, 4.69) is 15.4 Å². The highest BCUT2D eigenvalue weighted by Crippen LogP contribution is 2.15. The molecule has 0 heterocycles. The summed E-state index contributed by atoms with van der Waals surface area (Å²) >= 11 is 0. The third-order valence-electron chi connectivity index (χ3n) is 2.42. The molecular formula is C14H16N2O7. The van der Waals surface area contributed by atoms with Crippen molar-refractivity contribution in [3.8, 4) is 0 Å². The lowest BCUT2D eigenvalue weighted by Crippen LogP contribution is -2.26. The molecule has 0 aliphatic heterocycles. The van der Waals surface area contributed by atoms with E-state index in [0.29, 0.717) is 6.61 Å². The van der Waals surface area contributed by atoms with E-state index in [-0.39, 0.29) is 24.6 Å². The third kappa shape index (κ3) is 6.57. The summed E-state index contributed by atoms with van der Waals surface area (Å²) in [5.41, 5.74) is 0.347. The van der Waals surface area contributed by atoms with Gasteiger partial charge in [-0.15, -0.1) is 0 Å². The molecule has 0 atom stereocenters. The fourth-order valence-corrected chi connectivity index (χ4v) is 1.44. The van der Waals surface area contributed by atoms with Gasteiger partial charge in [0, 0.05) is 18.0 Å². The van der Waals surface area contributed by atoms with Crippen LogP contribution >= 0.6 is 0 Å². The fourth-order valence-electron chi connectivity index (χ4n) is 1.44. The van der Waals surface area contributed by atoms with Crippen LogP contribution in [-0.4, -0.2) is 48.7 Å². The highest BCUT2D eigenvalue weighted by molar-refractivity contribution is 6.37. The molecule has 0 saturated heterocycles. The van der Waals surface area contributed by atoms with Crippen LogP contribution in [0.1, 0.15) is 6.92 Å². The van der Waals surface area contributed by atoms with Crippen LogP contribution in [0.4, 0.5) is 11.4 Å². The molecule has 124 valence electrons. The lowest BCUT2D eigenvalue weighted by atomic mass is 10.2. The predicted octanol–water partition coefficient (Wildman–Crippen LogP) is 0.228. The van der Waals surface area contributed by atoms with Crippen molar-refractivity contribution < 1.29 is 33.8 Å². The topological polar surface area (TPSA) is 131 Å². The quantitative estimate of drug-likeness (QED) is 0.388. The molecule has 9 nitrogen and oxygen atoms in total. The van der Waals surface area contributed by atoms with Crippen molar-refractivity contribution in [2.45, 2.75) is 6.92 Å². The van der Waals surface area contributed by atoms with Gasteiger partial charge in [-0.25, -0.2) is 9.59 Å². The number of carbonyl (C=O) groups excluding carboxylic acids is 3. The smallest absolute Gasteiger partial charge is 0.397 e. The molecule has 0 bridgehead atoms. The lowest BCUT2D eigenvalue weighted by molar-refractivity contribution is -0.153. The number of hydrogen-bond acceptors (Lipinski definition) is 6. The average Bonchev–Trinajstić information content (AvgIpc) is 2.51. The molecule has 1 rings (SSSR count). The SMILES string of the molecule is CCOCCOC(=O)C(=O)Nc1cccc(NC(=O)C(=O)O)c1. The molecule has 2 amide bonds. The van der Waals surface area contributed by atoms with Gasteiger partial charge in [-0.05, 0) is 25.1 Å². The second kappa shape index (κ2) is 9.15. The van der Waals surface area contributed by atoms with Crippen LogP contribution in [-0.2, 0) is 28.7 Å². The van der Waals surface area contributed by atoms with Gasteiger partial charge in [-0.3, -0.25) is 9.59 Å². The number of carboxylic acid groups (broad SMARTS) is 1. The van der Waals surface area contributed by atoms with Crippen molar-refractivity contribution in [1.29, 1.82) is 0 Å². The van der Waals surface area contributed by atoms with Crippen LogP contribution in [0.5, 0.6) is 0 Å². The normalized spacial score (nSPS) is 9.78. The van der Waals surface area contributed by atoms with E-state index in [4.69, 9.17) is 9.84 Å². The minimum atomic E-state index is -1.64. The first kappa shape index (κ1) is 18.1. The number of carboxylic acids is 1. The molecule has 0 fully saturated rings. The van der Waals surface area contributed by atoms with Crippen molar-refractivity contribution in [2.24, 2.45) is 0 Å². The second-order valence-corrected chi connectivity index (χ2v) is 4.13. The van der Waals surface area contributed by atoms with Crippen LogP contribution in [0.3, 0.4) is 0 Å². The van der Waals surface area contributed by atoms with Crippen LogP contribution in [0.15, 0.2) is 24.3 Å². The summed E-state index contributed by atoms with van der Waals surface area (Å²) in [5, 5.41) is 12.9. The first-order valence-electron chi connectivity index (χ1n) is 6.64. The van der Waals surface area contributed by atoms with Crippen LogP contribution in [0, 0.1) is 0 Å². The zero-order chi connectivity index (χ0) is 17.2. The Balaban J connectivity index is 2.56. The number of nitrogens with one attached hydrogen (secondary N) is 2. The Morgan fingerprint density at radius 3 is 2.22 bits per heavy atom. The molecule has 0 aromatic heterocycles. The molecule has 0 unspecified atom stereocenters. The zero-order valence-electron chi connectivity index (χ0n) is 12.3. The zero-order valence-corrected chi connectivity index (χ0v) is 12.3. The number of rotatable bonds is 6. The van der Waals surface area contributed by atoms with E-state index in [9.17, 15) is 19.2 Å². The molecule has 23 heavy (non-hydrogen) atoms. The van der Waals surface area contributed by atoms with Gasteiger partial charge >= 0.3 is 23.8 Å². The summed E-state index contributed by atoms with van der Waals surface area (Å²) < 4.78 is 9.64. The average molecular weight is 324 g/mol. The minimum absolute atomic E-state index is 0.0468. The Morgan fingerprint density at radius 1 is 1.04 bits per heavy atom. The highest BCUT2D eigenvalue weighted by atomic mass is 16.6. The van der Waals surface area contributed by atoms with Gasteiger partial charge in [0.25, 0.3) is 0 Å². The van der Waals surface area contributed by atoms with E-state index in [0.717, 1.165) is 0 Å². The van der Waals surface area contributed by atoms with Crippen molar-refractivity contribution in [3.63, 3.8) is 0 Å². The maximum absolute atomic E-state index is 11.6. The molecular weight excluding hydrogens is 308 g/mol. The Kier molecular flexibility index (Phi) is 7.21. The van der Waals surface area contributed by atoms with Gasteiger partial charge in [0.2, 0.25) is 0 Å². The van der Waals surface area contributed by atoms with Gasteiger partial charge in [-0.1, -0.05) is 6.07 Å². The highest BCUT2D eigenvalue weighted by Gasteiger charge is 2.16. The summed E-state index contributed by atoms with van der Waals surface area (Å²) in [6, 6.07) is 5.65. The number of carbonyl (C=O) groups is 4. The standard InChI is InChI=1S/C14H16N2O7/c1-2-22-6-7-23-14(21)12(18)16-10-5-3-4-9(8-10)15-11(17)13(19)20/h3-5,8H,2,6-7H2,1H3,(H,15,17)(H,16,18)(H,19,20). The summed E-state index contributed by atoms with van der Waals surface area (Å²) in [4.78, 5) is 44.5. The lowest BCUT2D eigenvalue weighted by Gasteiger charge is -2.08. The summed E-state index contributed by atoms with van der Waals surface area (Å²) in [6.07, 6.45) is 0. The van der Waals surface area contributed by atoms with E-state index < -0.39 is 23.8 Å². The molecule has 0 saturated carbocycles. The van der Waals surface area contributed by atoms with Crippen molar-refractivity contribution in [1.82, 2.24) is 0 Å². The summed E-state index contributed by atoms with van der Waals surface area (Å²) in [7, 11) is 0. The van der Waals surface area contributed by atoms with E-state index in [1.807, 2.05) is 0 Å². The number of ether oxygens (including phenoxy) is 2. The third-order valence-corrected chi connectivity index (χ3v) is 2.42. The summed E-state index contributed by atoms with van der Waals surface area (Å²) in [5.74, 6) is -4.94. The number of hydrogen-bond donors (Lipinski definition) is 3. The van der Waals surface area contributed by atoms with E-state index in [1.54, 1.807) is 6.92 Å². The van der Waals surface area contributed by atoms with Gasteiger partial charge in [0.15, 0.2) is 0 Å². The Labute approximate surface area is 131 Å². The first-order valence-corrected chi connectivity index (χ1v) is 6.64. The number of amides is 2. The molecule has 0 radical (unpaired) electrons. The molecule has 0 aliphatic rings. The number of benzene rings is 1. The Morgan fingerprint density at radius 2 is 1.65 bits per heavy atom. The maximum atomic E-state index is 11.6. The fraction of sp³-hybridized carbons (Fsp3) is 0.286. The van der Waals surface area contributed by atoms with Gasteiger partial charge < -0.3 is 25.2 Å². The van der Waals surface area contributed by atoms with E-state index in [1.165, 1.54) is 24.3 Å². The van der Waals surface area contributed by atoms with E-state index >= 15 is 0 Å². The van der Waals surface area contributed by atoms with Crippen molar-refractivity contribution >= 4 is 35.1 Å². The van der Waals surface area contributed by atoms with Crippen LogP contribution in [0.2, 0.25) is 0 Å².